The van der Waals surface area contributed by atoms with Gasteiger partial charge in [0.25, 0.3) is 11.8 Å². The van der Waals surface area contributed by atoms with Gasteiger partial charge < -0.3 is 14.9 Å². The summed E-state index contributed by atoms with van der Waals surface area (Å²) in [6.45, 7) is 2.02. The number of β-amino-alcohol motifs (C(OH)–C–C–N with tert-alkyl or cyclic N) is 1. The van der Waals surface area contributed by atoms with E-state index in [0.717, 1.165) is 12.8 Å². The lowest BCUT2D eigenvalue weighted by Gasteiger charge is -2.45. The van der Waals surface area contributed by atoms with Crippen molar-refractivity contribution in [1.82, 2.24) is 14.7 Å². The van der Waals surface area contributed by atoms with Gasteiger partial charge in [-0.05, 0) is 61.8 Å². The van der Waals surface area contributed by atoms with Crippen molar-refractivity contribution in [2.45, 2.75) is 50.9 Å². The number of carbonyl (C=O) groups is 4. The second-order valence-electron chi connectivity index (χ2n) is 10.4. The molecule has 2 saturated carbocycles. The molecule has 3 aliphatic heterocycles. The molecular weight excluding hydrogens is 477 g/mol. The minimum absolute atomic E-state index is 0.0624. The number of nitrogens with zero attached hydrogens (tertiary/aromatic N) is 3. The molecule has 2 aliphatic carbocycles. The Morgan fingerprint density at radius 3 is 2.63 bits per heavy atom. The molecular formula is C25H25ClFN3O5. The number of rotatable bonds is 4. The highest BCUT2D eigenvalue weighted by molar-refractivity contribution is 6.44. The second kappa shape index (κ2) is 7.61. The molecule has 2 saturated heterocycles. The van der Waals surface area contributed by atoms with E-state index < -0.39 is 41.1 Å². The summed E-state index contributed by atoms with van der Waals surface area (Å²) in [6, 6.07) is 4.16. The molecule has 1 spiro atoms. The van der Waals surface area contributed by atoms with Crippen LogP contribution < -0.4 is 0 Å². The van der Waals surface area contributed by atoms with Crippen molar-refractivity contribution in [2.75, 3.05) is 13.1 Å². The number of fused-ring (bicyclic) bond motifs is 5. The summed E-state index contributed by atoms with van der Waals surface area (Å²) in [6.07, 6.45) is 1.76. The summed E-state index contributed by atoms with van der Waals surface area (Å²) in [4.78, 5) is 58.5. The normalized spacial score (nSPS) is 32.5. The van der Waals surface area contributed by atoms with Gasteiger partial charge in [0, 0.05) is 25.6 Å². The van der Waals surface area contributed by atoms with Crippen LogP contribution in [0.4, 0.5) is 4.39 Å². The minimum Gasteiger partial charge on any atom is -0.392 e. The van der Waals surface area contributed by atoms with Crippen molar-refractivity contribution >= 4 is 35.1 Å². The SMILES string of the molecule is C[C@@H](O)CN1C(=O)C2=C3CCN(Cc4ccc(F)c(Cl)c4)C(=O)C3C(=O)C(=O)N2[C@@]12CC[C@H]1C[C@H]12. The fraction of sp³-hybridized carbons (Fsp3) is 0.520. The van der Waals surface area contributed by atoms with E-state index in [1.165, 1.54) is 28.0 Å². The molecule has 10 heteroatoms. The van der Waals surface area contributed by atoms with Gasteiger partial charge in [0.05, 0.1) is 11.1 Å². The van der Waals surface area contributed by atoms with Gasteiger partial charge in [-0.25, -0.2) is 4.39 Å². The molecule has 4 fully saturated rings. The maximum atomic E-state index is 13.7. The third-order valence-corrected chi connectivity index (χ3v) is 8.56. The summed E-state index contributed by atoms with van der Waals surface area (Å²) >= 11 is 5.87. The summed E-state index contributed by atoms with van der Waals surface area (Å²) in [5.74, 6) is -3.97. The first kappa shape index (κ1) is 22.7. The number of amides is 3. The van der Waals surface area contributed by atoms with Crippen LogP contribution in [0.25, 0.3) is 0 Å². The van der Waals surface area contributed by atoms with E-state index in [-0.39, 0.29) is 48.6 Å². The molecule has 3 amide bonds. The molecule has 3 heterocycles. The predicted octanol–water partition coefficient (Wildman–Crippen LogP) is 1.84. The Morgan fingerprint density at radius 2 is 2.00 bits per heavy atom. The molecule has 8 nitrogen and oxygen atoms in total. The van der Waals surface area contributed by atoms with Crippen molar-refractivity contribution in [1.29, 1.82) is 0 Å². The van der Waals surface area contributed by atoms with Crippen LogP contribution in [0.5, 0.6) is 0 Å². The number of Topliss-reactive ketones (excluding diaryl/α,β-unsaturated/α-hetero) is 1. The fourth-order valence-electron chi connectivity index (χ4n) is 6.72. The summed E-state index contributed by atoms with van der Waals surface area (Å²) in [5.41, 5.74) is 0.228. The molecule has 1 unspecified atom stereocenters. The molecule has 0 radical (unpaired) electrons. The van der Waals surface area contributed by atoms with Crippen molar-refractivity contribution in [3.63, 3.8) is 0 Å². The first-order valence-electron chi connectivity index (χ1n) is 12.0. The molecule has 1 aromatic rings. The Hall–Kier alpha value is -2.78. The predicted molar refractivity (Wildman–Crippen MR) is 121 cm³/mol. The van der Waals surface area contributed by atoms with Crippen molar-refractivity contribution in [2.24, 2.45) is 17.8 Å². The van der Waals surface area contributed by atoms with E-state index in [0.29, 0.717) is 23.5 Å². The molecule has 6 rings (SSSR count). The van der Waals surface area contributed by atoms with E-state index >= 15 is 0 Å². The molecule has 0 aromatic heterocycles. The van der Waals surface area contributed by atoms with Crippen LogP contribution in [-0.2, 0) is 25.7 Å². The number of hydrogen-bond acceptors (Lipinski definition) is 5. The molecule has 0 bridgehead atoms. The maximum absolute atomic E-state index is 13.7. The number of carbonyl (C=O) groups excluding carboxylic acids is 4. The number of ketones is 1. The van der Waals surface area contributed by atoms with Crippen LogP contribution in [0.3, 0.4) is 0 Å². The highest BCUT2D eigenvalue weighted by atomic mass is 35.5. The van der Waals surface area contributed by atoms with Gasteiger partial charge >= 0.3 is 0 Å². The lowest BCUT2D eigenvalue weighted by Crippen LogP contribution is -2.61. The maximum Gasteiger partial charge on any atom is 0.297 e. The third kappa shape index (κ3) is 3.07. The zero-order valence-corrected chi connectivity index (χ0v) is 19.9. The zero-order chi connectivity index (χ0) is 24.8. The van der Waals surface area contributed by atoms with Crippen LogP contribution in [0.15, 0.2) is 29.5 Å². The average molecular weight is 502 g/mol. The third-order valence-electron chi connectivity index (χ3n) is 8.27. The Balaban J connectivity index is 1.39. The Labute approximate surface area is 206 Å². The largest absolute Gasteiger partial charge is 0.392 e. The minimum atomic E-state index is -1.33. The highest BCUT2D eigenvalue weighted by Gasteiger charge is 2.72. The lowest BCUT2D eigenvalue weighted by atomic mass is 9.81. The molecule has 1 aromatic carbocycles. The fourth-order valence-corrected chi connectivity index (χ4v) is 6.93. The first-order valence-corrected chi connectivity index (χ1v) is 12.4. The van der Waals surface area contributed by atoms with Gasteiger partial charge in [0.2, 0.25) is 11.7 Å². The van der Waals surface area contributed by atoms with Crippen LogP contribution in [0.2, 0.25) is 5.02 Å². The second-order valence-corrected chi connectivity index (χ2v) is 10.8. The first-order chi connectivity index (χ1) is 16.6. The van der Waals surface area contributed by atoms with Crippen LogP contribution >= 0.6 is 11.6 Å². The molecule has 5 aliphatic rings. The zero-order valence-electron chi connectivity index (χ0n) is 19.2. The molecule has 5 atom stereocenters. The Morgan fingerprint density at radius 1 is 1.23 bits per heavy atom. The summed E-state index contributed by atoms with van der Waals surface area (Å²) in [7, 11) is 0. The van der Waals surface area contributed by atoms with Crippen molar-refractivity contribution in [3.8, 4) is 0 Å². The number of piperidine rings is 1. The standard InChI is InChI=1S/C25H25ClFN3O5/c1-12(31)10-29-23(34)20-15-5-7-28(11-13-2-3-18(27)17(26)8-13)22(33)19(15)21(32)24(35)30(20)25(29)6-4-14-9-16(14)25/h2-3,8,12,14,16,19,31H,4-7,9-11H2,1H3/t12-,14+,16-,19?,25-/m1/s1. The quantitative estimate of drug-likeness (QED) is 0.501. The average Bonchev–Trinajstić information content (AvgIpc) is 3.46. The molecule has 184 valence electrons. The van der Waals surface area contributed by atoms with E-state index in [1.54, 1.807) is 11.8 Å². The van der Waals surface area contributed by atoms with Gasteiger partial charge in [0.1, 0.15) is 23.1 Å². The van der Waals surface area contributed by atoms with Crippen LogP contribution in [0.1, 0.15) is 38.2 Å². The summed E-state index contributed by atoms with van der Waals surface area (Å²) < 4.78 is 13.5. The van der Waals surface area contributed by atoms with Crippen LogP contribution in [-0.4, -0.2) is 68.2 Å². The van der Waals surface area contributed by atoms with Crippen molar-refractivity contribution in [3.05, 3.63) is 45.9 Å². The van der Waals surface area contributed by atoms with E-state index in [1.807, 2.05) is 0 Å². The van der Waals surface area contributed by atoms with Gasteiger partial charge in [-0.1, -0.05) is 17.7 Å². The number of hydrogen-bond donors (Lipinski definition) is 1. The van der Waals surface area contributed by atoms with Gasteiger partial charge in [0.15, 0.2) is 0 Å². The monoisotopic (exact) mass is 501 g/mol. The lowest BCUT2D eigenvalue weighted by molar-refractivity contribution is -0.158. The summed E-state index contributed by atoms with van der Waals surface area (Å²) in [5, 5.41) is 10.1. The van der Waals surface area contributed by atoms with Gasteiger partial charge in [-0.2, -0.15) is 0 Å². The molecule has 1 N–H and O–H groups in total. The number of aliphatic hydroxyl groups is 1. The van der Waals surface area contributed by atoms with Crippen molar-refractivity contribution < 1.29 is 28.7 Å². The van der Waals surface area contributed by atoms with Crippen LogP contribution in [0, 0.1) is 23.6 Å². The van der Waals surface area contributed by atoms with E-state index in [4.69, 9.17) is 11.6 Å². The van der Waals surface area contributed by atoms with Gasteiger partial charge in [-0.15, -0.1) is 0 Å². The number of likely N-dealkylation sites (tertiary alicyclic amines) is 1. The van der Waals surface area contributed by atoms with E-state index in [9.17, 15) is 28.7 Å². The molecule has 35 heavy (non-hydrogen) atoms. The number of benzene rings is 1. The highest BCUT2D eigenvalue weighted by Crippen LogP contribution is 2.64. The number of aliphatic hydroxyl groups excluding tert-OH is 1. The Bertz CT molecular complexity index is 1230. The smallest absolute Gasteiger partial charge is 0.297 e. The topological polar surface area (TPSA) is 98.2 Å². The Kier molecular flexibility index (Phi) is 4.93. The van der Waals surface area contributed by atoms with E-state index in [2.05, 4.69) is 0 Å². The van der Waals surface area contributed by atoms with Gasteiger partial charge in [-0.3, -0.25) is 24.1 Å². The number of halogens is 2.